The molecule has 0 saturated carbocycles. The molecule has 0 saturated heterocycles. The van der Waals surface area contributed by atoms with Gasteiger partial charge in [0.1, 0.15) is 7.85 Å². The summed E-state index contributed by atoms with van der Waals surface area (Å²) in [4.78, 5) is 19.0. The molecule has 1 aromatic heterocycles. The first-order chi connectivity index (χ1) is 16.1. The predicted octanol–water partition coefficient (Wildman–Crippen LogP) is 5.66. The molecule has 1 aliphatic rings. The van der Waals surface area contributed by atoms with Crippen molar-refractivity contribution in [2.45, 2.75) is 19.3 Å². The van der Waals surface area contributed by atoms with Crippen LogP contribution in [0.15, 0.2) is 48.5 Å². The van der Waals surface area contributed by atoms with Crippen LogP contribution in [-0.2, 0) is 5.41 Å². The van der Waals surface area contributed by atoms with Crippen molar-refractivity contribution < 1.29 is 14.3 Å². The maximum absolute atomic E-state index is 14.4. The van der Waals surface area contributed by atoms with E-state index < -0.39 is 23.0 Å². The number of aromatic nitrogens is 1. The molecule has 0 bridgehead atoms. The summed E-state index contributed by atoms with van der Waals surface area (Å²) in [7, 11) is 6.13. The number of amides is 2. The number of nitrogens with one attached hydrogen (secondary N) is 2. The summed E-state index contributed by atoms with van der Waals surface area (Å²) in [6, 6.07) is 13.1. The molecule has 0 spiro atoms. The molecule has 0 unspecified atom stereocenters. The van der Waals surface area contributed by atoms with Crippen molar-refractivity contribution in [3.8, 4) is 5.75 Å². The third-order valence-electron chi connectivity index (χ3n) is 5.77. The van der Waals surface area contributed by atoms with Crippen LogP contribution in [0, 0.1) is 5.82 Å². The van der Waals surface area contributed by atoms with Crippen molar-refractivity contribution in [1.29, 1.82) is 0 Å². The highest BCUT2D eigenvalue weighted by Gasteiger charge is 2.40. The second kappa shape index (κ2) is 8.18. The molecule has 2 amide bonds. The highest BCUT2D eigenvalue weighted by Crippen LogP contribution is 2.50. The van der Waals surface area contributed by atoms with E-state index >= 15 is 0 Å². The van der Waals surface area contributed by atoms with Crippen LogP contribution in [0.1, 0.15) is 19.4 Å². The number of fused-ring (bicyclic) bond motifs is 2. The summed E-state index contributed by atoms with van der Waals surface area (Å²) < 4.78 is 15.2. The Bertz CT molecular complexity index is 1460. The quantitative estimate of drug-likeness (QED) is 0.322. The molecule has 3 aromatic carbocycles. The number of thiazole rings is 1. The Morgan fingerprint density at radius 1 is 1.24 bits per heavy atom. The molecule has 6 nitrogen and oxygen atoms in total. The van der Waals surface area contributed by atoms with Crippen LogP contribution < -0.4 is 21.0 Å². The maximum atomic E-state index is 14.4. The molecule has 0 aliphatic carbocycles. The smallest absolute Gasteiger partial charge is 0.325 e. The Morgan fingerprint density at radius 2 is 2.00 bits per heavy atom. The van der Waals surface area contributed by atoms with E-state index in [0.717, 1.165) is 16.3 Å². The number of halogens is 2. The van der Waals surface area contributed by atoms with E-state index in [1.807, 2.05) is 13.8 Å². The molecule has 170 valence electrons. The standard InChI is InChI=1S/C24H19BClFN4O2S/c1-24(2)11-31(20-19(24)13(25)10-14(27)21(20)32)17-6-4-3-5-15(17)28-22(33)30-23-29-16-8-7-12(26)9-18(16)34-23/h3-10,32H,11H2,1-2H3,(H2,28,29,30,33). The van der Waals surface area contributed by atoms with Gasteiger partial charge in [-0.3, -0.25) is 5.32 Å². The number of phenolic OH excluding ortho intramolecular Hbond substituents is 1. The van der Waals surface area contributed by atoms with E-state index in [2.05, 4.69) is 15.6 Å². The Balaban J connectivity index is 1.46. The van der Waals surface area contributed by atoms with E-state index in [-0.39, 0.29) is 5.46 Å². The largest absolute Gasteiger partial charge is 0.503 e. The Morgan fingerprint density at radius 3 is 2.79 bits per heavy atom. The first kappa shape index (κ1) is 22.5. The van der Waals surface area contributed by atoms with E-state index in [4.69, 9.17) is 19.4 Å². The van der Waals surface area contributed by atoms with E-state index in [0.29, 0.717) is 39.3 Å². The zero-order valence-corrected chi connectivity index (χ0v) is 19.9. The van der Waals surface area contributed by atoms with Crippen molar-refractivity contribution in [3.63, 3.8) is 0 Å². The number of rotatable bonds is 3. The van der Waals surface area contributed by atoms with E-state index in [9.17, 15) is 14.3 Å². The lowest BCUT2D eigenvalue weighted by atomic mass is 9.77. The molecule has 2 radical (unpaired) electrons. The molecular formula is C24H19BClFN4O2S. The fourth-order valence-electron chi connectivity index (χ4n) is 4.40. The summed E-state index contributed by atoms with van der Waals surface area (Å²) >= 11 is 7.34. The molecule has 0 atom stereocenters. The van der Waals surface area contributed by atoms with Gasteiger partial charge in [0, 0.05) is 17.0 Å². The average molecular weight is 493 g/mol. The molecule has 5 rings (SSSR count). The molecule has 4 aromatic rings. The summed E-state index contributed by atoms with van der Waals surface area (Å²) in [5.41, 5.74) is 2.60. The van der Waals surface area contributed by atoms with Crippen molar-refractivity contribution in [1.82, 2.24) is 4.98 Å². The number of hydrogen-bond acceptors (Lipinski definition) is 5. The number of benzene rings is 3. The number of anilines is 4. The van der Waals surface area contributed by atoms with Gasteiger partial charge in [-0.15, -0.1) is 0 Å². The van der Waals surface area contributed by atoms with Crippen LogP contribution in [0.3, 0.4) is 0 Å². The normalized spacial score (nSPS) is 14.3. The highest BCUT2D eigenvalue weighted by atomic mass is 35.5. The summed E-state index contributed by atoms with van der Waals surface area (Å²) in [5, 5.41) is 17.2. The number of phenols is 1. The zero-order valence-electron chi connectivity index (χ0n) is 18.3. The number of hydrogen-bond donors (Lipinski definition) is 3. The minimum atomic E-state index is -0.793. The van der Waals surface area contributed by atoms with Gasteiger partial charge in [-0.1, -0.05) is 54.4 Å². The summed E-state index contributed by atoms with van der Waals surface area (Å²) in [6.07, 6.45) is 0. The lowest BCUT2D eigenvalue weighted by Gasteiger charge is -2.25. The van der Waals surface area contributed by atoms with Gasteiger partial charge in [-0.25, -0.2) is 14.2 Å². The van der Waals surface area contributed by atoms with Crippen LogP contribution in [-0.4, -0.2) is 30.5 Å². The van der Waals surface area contributed by atoms with Gasteiger partial charge in [-0.2, -0.15) is 0 Å². The molecule has 10 heteroatoms. The van der Waals surface area contributed by atoms with Crippen LogP contribution >= 0.6 is 22.9 Å². The van der Waals surface area contributed by atoms with Gasteiger partial charge in [0.15, 0.2) is 16.7 Å². The van der Waals surface area contributed by atoms with Gasteiger partial charge in [0.2, 0.25) is 0 Å². The number of para-hydroxylation sites is 2. The van der Waals surface area contributed by atoms with Crippen molar-refractivity contribution in [3.05, 3.63) is 64.9 Å². The first-order valence-corrected chi connectivity index (χ1v) is 11.7. The van der Waals surface area contributed by atoms with E-state index in [1.54, 1.807) is 47.4 Å². The molecule has 2 heterocycles. The van der Waals surface area contributed by atoms with Crippen LogP contribution in [0.25, 0.3) is 10.2 Å². The summed E-state index contributed by atoms with van der Waals surface area (Å²) in [6.45, 7) is 4.38. The molecule has 1 aliphatic heterocycles. The van der Waals surface area contributed by atoms with Crippen molar-refractivity contribution >= 4 is 74.7 Å². The minimum absolute atomic E-state index is 0.275. The highest BCUT2D eigenvalue weighted by molar-refractivity contribution is 7.22. The summed E-state index contributed by atoms with van der Waals surface area (Å²) in [5.74, 6) is -1.26. The SMILES string of the molecule is [B]c1cc(F)c(O)c2c1C(C)(C)CN2c1ccccc1NC(=O)Nc1nc2ccc(Cl)cc2s1. The molecule has 0 fully saturated rings. The van der Waals surface area contributed by atoms with E-state index in [1.165, 1.54) is 11.3 Å². The van der Waals surface area contributed by atoms with Crippen LogP contribution in [0.5, 0.6) is 5.75 Å². The topological polar surface area (TPSA) is 77.5 Å². The van der Waals surface area contributed by atoms with Crippen molar-refractivity contribution in [2.24, 2.45) is 0 Å². The van der Waals surface area contributed by atoms with Gasteiger partial charge in [0.25, 0.3) is 0 Å². The van der Waals surface area contributed by atoms with Crippen molar-refractivity contribution in [2.75, 3.05) is 22.1 Å². The Kier molecular flexibility index (Phi) is 5.41. The third kappa shape index (κ3) is 3.84. The zero-order chi connectivity index (χ0) is 24.2. The Hall–Kier alpha value is -3.30. The fourth-order valence-corrected chi connectivity index (χ4v) is 5.53. The van der Waals surface area contributed by atoms with Crippen LogP contribution in [0.2, 0.25) is 5.02 Å². The Labute approximate surface area is 205 Å². The monoisotopic (exact) mass is 492 g/mol. The van der Waals surface area contributed by atoms with Gasteiger partial charge < -0.3 is 15.3 Å². The minimum Gasteiger partial charge on any atom is -0.503 e. The van der Waals surface area contributed by atoms with Crippen LogP contribution in [0.4, 0.5) is 31.4 Å². The number of urea groups is 1. The molecular weight excluding hydrogens is 474 g/mol. The second-order valence-corrected chi connectivity index (χ2v) is 10.2. The maximum Gasteiger partial charge on any atom is 0.325 e. The second-order valence-electron chi connectivity index (χ2n) is 8.72. The number of aromatic hydroxyl groups is 1. The number of carbonyl (C=O) groups excluding carboxylic acids is 1. The molecule has 3 N–H and O–H groups in total. The molecule has 34 heavy (non-hydrogen) atoms. The lowest BCUT2D eigenvalue weighted by Crippen LogP contribution is -2.28. The van der Waals surface area contributed by atoms with Gasteiger partial charge in [-0.05, 0) is 42.0 Å². The third-order valence-corrected chi connectivity index (χ3v) is 6.94. The lowest BCUT2D eigenvalue weighted by molar-refractivity contribution is 0.262. The predicted molar refractivity (Wildman–Crippen MR) is 137 cm³/mol. The fraction of sp³-hybridized carbons (Fsp3) is 0.167. The van der Waals surface area contributed by atoms with Gasteiger partial charge >= 0.3 is 6.03 Å². The number of nitrogens with zero attached hydrogens (tertiary/aromatic N) is 2. The first-order valence-electron chi connectivity index (χ1n) is 10.5. The van der Waals surface area contributed by atoms with Gasteiger partial charge in [0.05, 0.1) is 27.3 Å². The number of carbonyl (C=O) groups is 1. The average Bonchev–Trinajstić information content (AvgIpc) is 3.29.